The molecule has 1 fully saturated rings. The molecule has 1 aliphatic heterocycles. The van der Waals surface area contributed by atoms with Gasteiger partial charge in [0.2, 0.25) is 15.9 Å². The number of amides is 3. The fourth-order valence-electron chi connectivity index (χ4n) is 2.53. The molecule has 0 saturated carbocycles. The number of piperazine rings is 1. The predicted octanol–water partition coefficient (Wildman–Crippen LogP) is -0.0239. The van der Waals surface area contributed by atoms with Gasteiger partial charge < -0.3 is 5.32 Å². The van der Waals surface area contributed by atoms with E-state index in [0.717, 1.165) is 12.1 Å². The zero-order valence-corrected chi connectivity index (χ0v) is 14.8. The number of hydrogen-bond donors (Lipinski definition) is 2. The Bertz CT molecular complexity index is 730. The SMILES string of the molecule is CNC(=O)NC(=O)[C@H](C)N1CCN(S(=O)(=O)c2ccc(F)cc2)CC1. The molecule has 138 valence electrons. The molecule has 3 amide bonds. The number of nitrogens with one attached hydrogen (secondary N) is 2. The summed E-state index contributed by atoms with van der Waals surface area (Å²) in [6.07, 6.45) is 0. The van der Waals surface area contributed by atoms with Crippen molar-refractivity contribution in [1.82, 2.24) is 19.8 Å². The predicted molar refractivity (Wildman–Crippen MR) is 88.8 cm³/mol. The Labute approximate surface area is 146 Å². The molecule has 0 aromatic heterocycles. The molecule has 25 heavy (non-hydrogen) atoms. The highest BCUT2D eigenvalue weighted by Gasteiger charge is 2.32. The van der Waals surface area contributed by atoms with Crippen LogP contribution in [0.5, 0.6) is 0 Å². The quantitative estimate of drug-likeness (QED) is 0.774. The number of hydrogen-bond acceptors (Lipinski definition) is 5. The van der Waals surface area contributed by atoms with E-state index >= 15 is 0 Å². The second-order valence-corrected chi connectivity index (χ2v) is 7.58. The number of benzene rings is 1. The lowest BCUT2D eigenvalue weighted by Crippen LogP contribution is -2.56. The first kappa shape index (κ1) is 19.3. The zero-order valence-electron chi connectivity index (χ0n) is 14.0. The summed E-state index contributed by atoms with van der Waals surface area (Å²) in [7, 11) is -2.29. The second-order valence-electron chi connectivity index (χ2n) is 5.64. The average Bonchev–Trinajstić information content (AvgIpc) is 2.61. The summed E-state index contributed by atoms with van der Waals surface area (Å²) >= 11 is 0. The topological polar surface area (TPSA) is 98.8 Å². The van der Waals surface area contributed by atoms with E-state index in [4.69, 9.17) is 0 Å². The van der Waals surface area contributed by atoms with Gasteiger partial charge in [0.15, 0.2) is 0 Å². The van der Waals surface area contributed by atoms with Crippen LogP contribution in [0, 0.1) is 5.82 Å². The largest absolute Gasteiger partial charge is 0.341 e. The third-order valence-electron chi connectivity index (χ3n) is 4.12. The Kier molecular flexibility index (Phi) is 6.09. The van der Waals surface area contributed by atoms with Gasteiger partial charge in [0.1, 0.15) is 5.82 Å². The molecule has 0 unspecified atom stereocenters. The second kappa shape index (κ2) is 7.89. The molecule has 0 radical (unpaired) electrons. The van der Waals surface area contributed by atoms with Gasteiger partial charge in [-0.3, -0.25) is 15.0 Å². The van der Waals surface area contributed by atoms with Crippen molar-refractivity contribution in [3.05, 3.63) is 30.1 Å². The van der Waals surface area contributed by atoms with Crippen LogP contribution in [-0.4, -0.2) is 68.8 Å². The van der Waals surface area contributed by atoms with Crippen molar-refractivity contribution in [3.8, 4) is 0 Å². The van der Waals surface area contributed by atoms with Crippen LogP contribution in [0.4, 0.5) is 9.18 Å². The van der Waals surface area contributed by atoms with Gasteiger partial charge in [-0.15, -0.1) is 0 Å². The Balaban J connectivity index is 1.98. The van der Waals surface area contributed by atoms with Crippen molar-refractivity contribution in [2.24, 2.45) is 0 Å². The van der Waals surface area contributed by atoms with E-state index in [-0.39, 0.29) is 18.0 Å². The first-order valence-electron chi connectivity index (χ1n) is 7.78. The van der Waals surface area contributed by atoms with Crippen LogP contribution < -0.4 is 10.6 Å². The Morgan fingerprint density at radius 3 is 2.20 bits per heavy atom. The van der Waals surface area contributed by atoms with E-state index in [9.17, 15) is 22.4 Å². The first-order valence-corrected chi connectivity index (χ1v) is 9.22. The molecule has 1 aromatic carbocycles. The molecule has 0 spiro atoms. The molecule has 0 aliphatic carbocycles. The number of halogens is 1. The fourth-order valence-corrected chi connectivity index (χ4v) is 3.95. The van der Waals surface area contributed by atoms with Crippen molar-refractivity contribution in [1.29, 1.82) is 0 Å². The smallest absolute Gasteiger partial charge is 0.321 e. The number of nitrogens with zero attached hydrogens (tertiary/aromatic N) is 2. The van der Waals surface area contributed by atoms with E-state index in [0.29, 0.717) is 13.1 Å². The maximum atomic E-state index is 13.0. The van der Waals surface area contributed by atoms with Gasteiger partial charge in [-0.1, -0.05) is 0 Å². The normalized spacial score (nSPS) is 17.7. The molecule has 1 atom stereocenters. The van der Waals surface area contributed by atoms with Gasteiger partial charge in [0.05, 0.1) is 10.9 Å². The number of carbonyl (C=O) groups is 2. The highest BCUT2D eigenvalue weighted by atomic mass is 32.2. The molecule has 1 heterocycles. The van der Waals surface area contributed by atoms with E-state index in [1.807, 2.05) is 0 Å². The van der Waals surface area contributed by atoms with E-state index in [1.165, 1.54) is 23.5 Å². The van der Waals surface area contributed by atoms with Crippen LogP contribution in [0.2, 0.25) is 0 Å². The maximum Gasteiger partial charge on any atom is 0.321 e. The van der Waals surface area contributed by atoms with Gasteiger partial charge in [-0.05, 0) is 31.2 Å². The standard InChI is InChI=1S/C15H21FN4O4S/c1-11(14(21)18-15(22)17-2)19-7-9-20(10-8-19)25(23,24)13-5-3-12(16)4-6-13/h3-6,11H,7-10H2,1-2H3,(H2,17,18,21,22)/t11-/m0/s1. The van der Waals surface area contributed by atoms with Crippen LogP contribution in [0.15, 0.2) is 29.2 Å². The molecule has 0 bridgehead atoms. The Morgan fingerprint density at radius 2 is 1.68 bits per heavy atom. The number of rotatable bonds is 4. The van der Waals surface area contributed by atoms with E-state index < -0.39 is 33.8 Å². The van der Waals surface area contributed by atoms with Crippen LogP contribution in [0.3, 0.4) is 0 Å². The molecule has 10 heteroatoms. The van der Waals surface area contributed by atoms with Crippen molar-refractivity contribution in [2.75, 3.05) is 33.2 Å². The summed E-state index contributed by atoms with van der Waals surface area (Å²) in [6.45, 7) is 2.77. The van der Waals surface area contributed by atoms with Crippen molar-refractivity contribution < 1.29 is 22.4 Å². The minimum Gasteiger partial charge on any atom is -0.341 e. The van der Waals surface area contributed by atoms with Gasteiger partial charge in [-0.25, -0.2) is 17.6 Å². The highest BCUT2D eigenvalue weighted by molar-refractivity contribution is 7.89. The number of sulfonamides is 1. The van der Waals surface area contributed by atoms with Crippen LogP contribution in [-0.2, 0) is 14.8 Å². The zero-order chi connectivity index (χ0) is 18.6. The van der Waals surface area contributed by atoms with Crippen molar-refractivity contribution >= 4 is 22.0 Å². The summed E-state index contributed by atoms with van der Waals surface area (Å²) < 4.78 is 39.4. The lowest BCUT2D eigenvalue weighted by molar-refractivity contribution is -0.125. The number of urea groups is 1. The van der Waals surface area contributed by atoms with Gasteiger partial charge in [-0.2, -0.15) is 4.31 Å². The van der Waals surface area contributed by atoms with E-state index in [2.05, 4.69) is 10.6 Å². The summed E-state index contributed by atoms with van der Waals surface area (Å²) in [5, 5.41) is 4.50. The van der Waals surface area contributed by atoms with Crippen LogP contribution in [0.25, 0.3) is 0 Å². The molecule has 2 rings (SSSR count). The fraction of sp³-hybridized carbons (Fsp3) is 0.467. The van der Waals surface area contributed by atoms with Crippen molar-refractivity contribution in [3.63, 3.8) is 0 Å². The first-order chi connectivity index (χ1) is 11.8. The molecule has 1 saturated heterocycles. The third-order valence-corrected chi connectivity index (χ3v) is 6.03. The summed E-state index contributed by atoms with van der Waals surface area (Å²) in [6, 6.07) is 3.53. The van der Waals surface area contributed by atoms with E-state index in [1.54, 1.807) is 11.8 Å². The Morgan fingerprint density at radius 1 is 1.12 bits per heavy atom. The summed E-state index contributed by atoms with van der Waals surface area (Å²) in [4.78, 5) is 25.0. The average molecular weight is 372 g/mol. The highest BCUT2D eigenvalue weighted by Crippen LogP contribution is 2.18. The molecular weight excluding hydrogens is 351 g/mol. The minimum absolute atomic E-state index is 0.0350. The number of carbonyl (C=O) groups excluding carboxylic acids is 2. The number of imide groups is 1. The molecule has 8 nitrogen and oxygen atoms in total. The summed E-state index contributed by atoms with van der Waals surface area (Å²) in [5.74, 6) is -0.950. The van der Waals surface area contributed by atoms with Gasteiger partial charge in [0, 0.05) is 33.2 Å². The molecule has 1 aromatic rings. The lowest BCUT2D eigenvalue weighted by atomic mass is 10.2. The van der Waals surface area contributed by atoms with Gasteiger partial charge >= 0.3 is 6.03 Å². The molecule has 2 N–H and O–H groups in total. The maximum absolute atomic E-state index is 13.0. The van der Waals surface area contributed by atoms with Crippen LogP contribution in [0.1, 0.15) is 6.92 Å². The van der Waals surface area contributed by atoms with Gasteiger partial charge in [0.25, 0.3) is 0 Å². The molecule has 1 aliphatic rings. The van der Waals surface area contributed by atoms with Crippen molar-refractivity contribution in [2.45, 2.75) is 17.9 Å². The summed E-state index contributed by atoms with van der Waals surface area (Å²) in [5.41, 5.74) is 0. The monoisotopic (exact) mass is 372 g/mol. The minimum atomic E-state index is -3.70. The molecular formula is C15H21FN4O4S. The third kappa shape index (κ3) is 4.53. The van der Waals surface area contributed by atoms with Crippen LogP contribution >= 0.6 is 0 Å². The lowest BCUT2D eigenvalue weighted by Gasteiger charge is -2.36. The Hall–Kier alpha value is -2.04.